The van der Waals surface area contributed by atoms with Gasteiger partial charge >= 0.3 is 0 Å². The molecule has 0 saturated heterocycles. The minimum atomic E-state index is 1.18. The lowest BCUT2D eigenvalue weighted by Gasteiger charge is -2.10. The predicted octanol–water partition coefficient (Wildman–Crippen LogP) is 5.71. The molecule has 0 heteroatoms. The SMILES string of the molecule is CCCCCc1ccc(CC)c(CCCCC)c1. The summed E-state index contributed by atoms with van der Waals surface area (Å²) >= 11 is 0. The smallest absolute Gasteiger partial charge is 0.0276 e. The molecule has 0 radical (unpaired) electrons. The molecule has 1 aromatic rings. The van der Waals surface area contributed by atoms with Gasteiger partial charge in [0, 0.05) is 0 Å². The van der Waals surface area contributed by atoms with E-state index in [-0.39, 0.29) is 0 Å². The van der Waals surface area contributed by atoms with Crippen LogP contribution in [0.4, 0.5) is 0 Å². The van der Waals surface area contributed by atoms with Crippen LogP contribution in [0.3, 0.4) is 0 Å². The van der Waals surface area contributed by atoms with Gasteiger partial charge in [-0.2, -0.15) is 0 Å². The first kappa shape index (κ1) is 15.3. The maximum atomic E-state index is 2.48. The summed E-state index contributed by atoms with van der Waals surface area (Å²) in [4.78, 5) is 0. The summed E-state index contributed by atoms with van der Waals surface area (Å²) in [6, 6.07) is 7.19. The molecular weight excluding hydrogens is 216 g/mol. The van der Waals surface area contributed by atoms with Crippen LogP contribution in [0.15, 0.2) is 18.2 Å². The molecule has 0 aliphatic carbocycles. The number of hydrogen-bond donors (Lipinski definition) is 0. The summed E-state index contributed by atoms with van der Waals surface area (Å²) in [6.45, 7) is 6.83. The van der Waals surface area contributed by atoms with Crippen molar-refractivity contribution in [3.8, 4) is 0 Å². The van der Waals surface area contributed by atoms with Crippen molar-refractivity contribution in [1.29, 1.82) is 0 Å². The Morgan fingerprint density at radius 3 is 2.00 bits per heavy atom. The van der Waals surface area contributed by atoms with Crippen LogP contribution in [-0.4, -0.2) is 0 Å². The predicted molar refractivity (Wildman–Crippen MR) is 82.3 cm³/mol. The van der Waals surface area contributed by atoms with E-state index in [9.17, 15) is 0 Å². The van der Waals surface area contributed by atoms with Crippen LogP contribution < -0.4 is 0 Å². The Bertz CT molecular complexity index is 325. The summed E-state index contributed by atoms with van der Waals surface area (Å²) in [7, 11) is 0. The zero-order valence-corrected chi connectivity index (χ0v) is 12.6. The third kappa shape index (κ3) is 5.25. The van der Waals surface area contributed by atoms with E-state index in [4.69, 9.17) is 0 Å². The highest BCUT2D eigenvalue weighted by molar-refractivity contribution is 5.32. The van der Waals surface area contributed by atoms with Gasteiger partial charge in [-0.1, -0.05) is 64.7 Å². The summed E-state index contributed by atoms with van der Waals surface area (Å²) in [5.74, 6) is 0. The van der Waals surface area contributed by atoms with Crippen LogP contribution in [0.2, 0.25) is 0 Å². The van der Waals surface area contributed by atoms with Gasteiger partial charge in [-0.15, -0.1) is 0 Å². The Labute approximate surface area is 114 Å². The third-order valence-corrected chi connectivity index (χ3v) is 3.77. The van der Waals surface area contributed by atoms with Gasteiger partial charge in [0.2, 0.25) is 0 Å². The minimum Gasteiger partial charge on any atom is -0.0654 e. The fraction of sp³-hybridized carbons (Fsp3) is 0.667. The molecule has 0 bridgehead atoms. The van der Waals surface area contributed by atoms with Crippen LogP contribution in [0, 0.1) is 0 Å². The Morgan fingerprint density at radius 2 is 1.39 bits per heavy atom. The van der Waals surface area contributed by atoms with E-state index >= 15 is 0 Å². The first-order valence-corrected chi connectivity index (χ1v) is 7.92. The van der Waals surface area contributed by atoms with Crippen molar-refractivity contribution >= 4 is 0 Å². The Morgan fingerprint density at radius 1 is 0.722 bits per heavy atom. The van der Waals surface area contributed by atoms with Crippen LogP contribution in [0.25, 0.3) is 0 Å². The van der Waals surface area contributed by atoms with Crippen LogP contribution >= 0.6 is 0 Å². The Kier molecular flexibility index (Phi) is 7.80. The molecule has 0 heterocycles. The highest BCUT2D eigenvalue weighted by Gasteiger charge is 2.03. The third-order valence-electron chi connectivity index (χ3n) is 3.77. The quantitative estimate of drug-likeness (QED) is 0.489. The van der Waals surface area contributed by atoms with Gasteiger partial charge in [-0.05, 0) is 48.8 Å². The molecule has 18 heavy (non-hydrogen) atoms. The van der Waals surface area contributed by atoms with E-state index in [0.717, 1.165) is 0 Å². The fourth-order valence-corrected chi connectivity index (χ4v) is 2.56. The maximum absolute atomic E-state index is 2.48. The van der Waals surface area contributed by atoms with Crippen LogP contribution in [0.1, 0.15) is 76.0 Å². The number of hydrogen-bond acceptors (Lipinski definition) is 0. The Balaban J connectivity index is 2.62. The lowest BCUT2D eigenvalue weighted by molar-refractivity contribution is 0.705. The van der Waals surface area contributed by atoms with Crippen LogP contribution in [-0.2, 0) is 19.3 Å². The van der Waals surface area contributed by atoms with Gasteiger partial charge in [-0.3, -0.25) is 0 Å². The van der Waals surface area contributed by atoms with E-state index in [1.807, 2.05) is 0 Å². The first-order valence-electron chi connectivity index (χ1n) is 7.92. The highest BCUT2D eigenvalue weighted by Crippen LogP contribution is 2.18. The topological polar surface area (TPSA) is 0 Å². The zero-order valence-electron chi connectivity index (χ0n) is 12.6. The number of aryl methyl sites for hydroxylation is 3. The van der Waals surface area contributed by atoms with Crippen molar-refractivity contribution in [2.24, 2.45) is 0 Å². The molecule has 0 amide bonds. The fourth-order valence-electron chi connectivity index (χ4n) is 2.56. The van der Waals surface area contributed by atoms with Gasteiger partial charge < -0.3 is 0 Å². The van der Waals surface area contributed by atoms with Gasteiger partial charge in [0.15, 0.2) is 0 Å². The first-order chi connectivity index (χ1) is 8.81. The molecule has 0 aliphatic rings. The molecule has 1 aromatic carbocycles. The van der Waals surface area contributed by atoms with Crippen molar-refractivity contribution in [3.63, 3.8) is 0 Å². The van der Waals surface area contributed by atoms with E-state index in [0.29, 0.717) is 0 Å². The average molecular weight is 246 g/mol. The molecule has 0 saturated carbocycles. The minimum absolute atomic E-state index is 1.18. The van der Waals surface area contributed by atoms with Crippen molar-refractivity contribution in [2.75, 3.05) is 0 Å². The average Bonchev–Trinajstić information content (AvgIpc) is 2.40. The summed E-state index contributed by atoms with van der Waals surface area (Å²) in [5.41, 5.74) is 4.72. The standard InChI is InChI=1S/C18H30/c1-4-7-9-11-16-13-14-17(6-3)18(15-16)12-10-8-5-2/h13-15H,4-12H2,1-3H3. The van der Waals surface area contributed by atoms with E-state index in [1.54, 1.807) is 16.7 Å². The summed E-state index contributed by atoms with van der Waals surface area (Å²) in [6.07, 6.45) is 11.8. The number of unbranched alkanes of at least 4 members (excludes halogenated alkanes) is 4. The highest BCUT2D eigenvalue weighted by atomic mass is 14.1. The molecule has 1 rings (SSSR count). The van der Waals surface area contributed by atoms with Crippen molar-refractivity contribution < 1.29 is 0 Å². The molecule has 0 fully saturated rings. The normalized spacial score (nSPS) is 10.8. The van der Waals surface area contributed by atoms with Gasteiger partial charge in [0.05, 0.1) is 0 Å². The number of benzene rings is 1. The van der Waals surface area contributed by atoms with Gasteiger partial charge in [0.1, 0.15) is 0 Å². The molecule has 0 aromatic heterocycles. The molecule has 0 N–H and O–H groups in total. The van der Waals surface area contributed by atoms with E-state index in [1.165, 1.54) is 57.8 Å². The molecule has 0 aliphatic heterocycles. The molecule has 0 unspecified atom stereocenters. The Hall–Kier alpha value is -0.780. The molecule has 0 atom stereocenters. The molecule has 0 nitrogen and oxygen atoms in total. The van der Waals surface area contributed by atoms with Crippen molar-refractivity contribution in [1.82, 2.24) is 0 Å². The van der Waals surface area contributed by atoms with Crippen molar-refractivity contribution in [3.05, 3.63) is 34.9 Å². The zero-order chi connectivity index (χ0) is 13.2. The second kappa shape index (κ2) is 9.19. The summed E-state index contributed by atoms with van der Waals surface area (Å²) < 4.78 is 0. The lowest BCUT2D eigenvalue weighted by Crippen LogP contribution is -1.96. The molecule has 102 valence electrons. The molecule has 0 spiro atoms. The van der Waals surface area contributed by atoms with E-state index in [2.05, 4.69) is 39.0 Å². The van der Waals surface area contributed by atoms with E-state index < -0.39 is 0 Å². The van der Waals surface area contributed by atoms with Crippen LogP contribution in [0.5, 0.6) is 0 Å². The molecular formula is C18H30. The maximum Gasteiger partial charge on any atom is -0.0276 e. The second-order valence-electron chi connectivity index (χ2n) is 5.37. The largest absolute Gasteiger partial charge is 0.0654 e. The monoisotopic (exact) mass is 246 g/mol. The van der Waals surface area contributed by atoms with Gasteiger partial charge in [-0.25, -0.2) is 0 Å². The van der Waals surface area contributed by atoms with Crippen molar-refractivity contribution in [2.45, 2.75) is 78.6 Å². The number of rotatable bonds is 9. The second-order valence-corrected chi connectivity index (χ2v) is 5.37. The lowest BCUT2D eigenvalue weighted by atomic mass is 9.95. The van der Waals surface area contributed by atoms with Gasteiger partial charge in [0.25, 0.3) is 0 Å². The summed E-state index contributed by atoms with van der Waals surface area (Å²) in [5, 5.41) is 0.